The molecule has 0 saturated carbocycles. The van der Waals surface area contributed by atoms with Crippen molar-refractivity contribution in [2.24, 2.45) is 0 Å². The van der Waals surface area contributed by atoms with E-state index in [0.717, 1.165) is 18.4 Å². The van der Waals surface area contributed by atoms with E-state index in [1.165, 1.54) is 24.1 Å². The number of methoxy groups -OCH3 is 1. The van der Waals surface area contributed by atoms with E-state index >= 15 is 0 Å². The Balaban J connectivity index is 2.05. The second kappa shape index (κ2) is 8.94. The third-order valence-corrected chi connectivity index (χ3v) is 5.14. The molecular weight excluding hydrogens is 388 g/mol. The van der Waals surface area contributed by atoms with Gasteiger partial charge in [0.2, 0.25) is 0 Å². The first-order chi connectivity index (χ1) is 14.4. The average molecular weight is 412 g/mol. The molecule has 0 radical (unpaired) electrons. The molecule has 0 unspecified atom stereocenters. The summed E-state index contributed by atoms with van der Waals surface area (Å²) in [6.45, 7) is 4.19. The van der Waals surface area contributed by atoms with E-state index in [4.69, 9.17) is 9.47 Å². The Labute approximate surface area is 174 Å². The minimum atomic E-state index is -0.875. The number of carbonyl (C=O) groups is 2. The minimum Gasteiger partial charge on any atom is -0.493 e. The predicted molar refractivity (Wildman–Crippen MR) is 111 cm³/mol. The molecule has 0 N–H and O–H groups in total. The number of nitro groups is 1. The van der Waals surface area contributed by atoms with Crippen LogP contribution in [-0.2, 0) is 16.0 Å². The van der Waals surface area contributed by atoms with Gasteiger partial charge in [0.15, 0.2) is 0 Å². The topological polar surface area (TPSA) is 99.0 Å². The van der Waals surface area contributed by atoms with Crippen LogP contribution in [-0.4, -0.2) is 36.6 Å². The fourth-order valence-corrected chi connectivity index (χ4v) is 3.57. The zero-order chi connectivity index (χ0) is 21.8. The van der Waals surface area contributed by atoms with Gasteiger partial charge in [0.25, 0.3) is 11.6 Å². The van der Waals surface area contributed by atoms with Crippen LogP contribution < -0.4 is 9.64 Å². The van der Waals surface area contributed by atoms with Crippen molar-refractivity contribution in [3.05, 3.63) is 63.2 Å². The number of hydrogen-bond acceptors (Lipinski definition) is 6. The fraction of sp³-hybridized carbons (Fsp3) is 0.364. The monoisotopic (exact) mass is 412 g/mol. The van der Waals surface area contributed by atoms with Crippen LogP contribution in [0.3, 0.4) is 0 Å². The summed E-state index contributed by atoms with van der Waals surface area (Å²) in [5, 5.41) is 11.7. The normalized spacial score (nSPS) is 14.9. The Bertz CT molecular complexity index is 988. The largest absolute Gasteiger partial charge is 0.493 e. The van der Waals surface area contributed by atoms with E-state index in [9.17, 15) is 19.7 Å². The number of carbonyl (C=O) groups excluding carboxylic acids is 2. The van der Waals surface area contributed by atoms with Gasteiger partial charge < -0.3 is 9.47 Å². The first-order valence-corrected chi connectivity index (χ1v) is 9.80. The average Bonchev–Trinajstić information content (AvgIpc) is 3.13. The molecular formula is C22H24N2O6. The number of ether oxygens (including phenoxy) is 2. The van der Waals surface area contributed by atoms with Crippen LogP contribution in [0.15, 0.2) is 36.4 Å². The van der Waals surface area contributed by atoms with E-state index in [1.54, 1.807) is 19.1 Å². The summed E-state index contributed by atoms with van der Waals surface area (Å²) in [7, 11) is 1.25. The van der Waals surface area contributed by atoms with Gasteiger partial charge in [-0.2, -0.15) is 0 Å². The van der Waals surface area contributed by atoms with Crippen LogP contribution >= 0.6 is 0 Å². The molecule has 8 nitrogen and oxygen atoms in total. The van der Waals surface area contributed by atoms with Gasteiger partial charge in [0.1, 0.15) is 17.4 Å². The Morgan fingerprint density at radius 2 is 2.00 bits per heavy atom. The molecule has 1 aliphatic heterocycles. The zero-order valence-electron chi connectivity index (χ0n) is 17.2. The molecule has 0 aliphatic carbocycles. The van der Waals surface area contributed by atoms with E-state index < -0.39 is 22.8 Å². The standard InChI is InChI=1S/C22H24N2O6/c1-4-5-10-30-20-13-18(24(27)28)16(11-14(20)2)21(25)23-17-9-7-6-8-15(17)12-19(23)22(26)29-3/h6-9,11,13,19H,4-5,10,12H2,1-3H3/t19-/m0/s1. The summed E-state index contributed by atoms with van der Waals surface area (Å²) in [6.07, 6.45) is 2.04. The highest BCUT2D eigenvalue weighted by Gasteiger charge is 2.41. The number of nitro benzene ring substituents is 1. The van der Waals surface area contributed by atoms with Crippen molar-refractivity contribution >= 4 is 23.3 Å². The SMILES string of the molecule is CCCCOc1cc([N+](=O)[O-])c(C(=O)N2c3ccccc3C[C@H]2C(=O)OC)cc1C. The maximum atomic E-state index is 13.5. The lowest BCUT2D eigenvalue weighted by molar-refractivity contribution is -0.385. The van der Waals surface area contributed by atoms with E-state index in [1.807, 2.05) is 19.1 Å². The molecule has 0 fully saturated rings. The molecule has 0 saturated heterocycles. The van der Waals surface area contributed by atoms with Crippen LogP contribution in [0.1, 0.15) is 41.3 Å². The Morgan fingerprint density at radius 3 is 2.67 bits per heavy atom. The number of anilines is 1. The Hall–Kier alpha value is -3.42. The van der Waals surface area contributed by atoms with Crippen molar-refractivity contribution in [1.82, 2.24) is 0 Å². The van der Waals surface area contributed by atoms with Crippen molar-refractivity contribution in [1.29, 1.82) is 0 Å². The fourth-order valence-electron chi connectivity index (χ4n) is 3.57. The van der Waals surface area contributed by atoms with Crippen LogP contribution in [0.2, 0.25) is 0 Å². The molecule has 1 atom stereocenters. The van der Waals surface area contributed by atoms with Crippen molar-refractivity contribution < 1.29 is 24.0 Å². The first-order valence-electron chi connectivity index (χ1n) is 9.80. The smallest absolute Gasteiger partial charge is 0.329 e. The lowest BCUT2D eigenvalue weighted by Gasteiger charge is -2.24. The second-order valence-electron chi connectivity index (χ2n) is 7.14. The molecule has 0 aromatic heterocycles. The minimum absolute atomic E-state index is 0.0917. The summed E-state index contributed by atoms with van der Waals surface area (Å²) >= 11 is 0. The number of hydrogen-bond donors (Lipinski definition) is 0. The lowest BCUT2D eigenvalue weighted by Crippen LogP contribution is -2.43. The summed E-state index contributed by atoms with van der Waals surface area (Å²) in [4.78, 5) is 38.2. The zero-order valence-corrected chi connectivity index (χ0v) is 17.2. The lowest BCUT2D eigenvalue weighted by atomic mass is 10.1. The molecule has 0 spiro atoms. The number of amides is 1. The molecule has 0 bridgehead atoms. The number of para-hydroxylation sites is 1. The van der Waals surface area contributed by atoms with Gasteiger partial charge >= 0.3 is 5.97 Å². The second-order valence-corrected chi connectivity index (χ2v) is 7.14. The summed E-state index contributed by atoms with van der Waals surface area (Å²) in [5.41, 5.74) is 1.52. The summed E-state index contributed by atoms with van der Waals surface area (Å²) < 4.78 is 10.5. The van der Waals surface area contributed by atoms with Gasteiger partial charge in [0.05, 0.1) is 24.7 Å². The van der Waals surface area contributed by atoms with Gasteiger partial charge in [0, 0.05) is 12.1 Å². The highest BCUT2D eigenvalue weighted by atomic mass is 16.6. The molecule has 2 aromatic rings. The van der Waals surface area contributed by atoms with Crippen molar-refractivity contribution in [3.63, 3.8) is 0 Å². The molecule has 30 heavy (non-hydrogen) atoms. The van der Waals surface area contributed by atoms with Crippen molar-refractivity contribution in [2.45, 2.75) is 39.2 Å². The van der Waals surface area contributed by atoms with Gasteiger partial charge in [-0.05, 0) is 36.6 Å². The number of nitrogens with zero attached hydrogens (tertiary/aromatic N) is 2. The summed E-state index contributed by atoms with van der Waals surface area (Å²) in [5.74, 6) is -0.818. The van der Waals surface area contributed by atoms with Gasteiger partial charge in [-0.25, -0.2) is 4.79 Å². The van der Waals surface area contributed by atoms with Crippen LogP contribution in [0.4, 0.5) is 11.4 Å². The number of benzene rings is 2. The van der Waals surface area contributed by atoms with Crippen molar-refractivity contribution in [2.75, 3.05) is 18.6 Å². The summed E-state index contributed by atoms with van der Waals surface area (Å²) in [6, 6.07) is 8.98. The number of rotatable bonds is 7. The first kappa shape index (κ1) is 21.3. The van der Waals surface area contributed by atoms with Gasteiger partial charge in [-0.1, -0.05) is 31.5 Å². The van der Waals surface area contributed by atoms with Crippen molar-refractivity contribution in [3.8, 4) is 5.75 Å². The third kappa shape index (κ3) is 3.98. The highest BCUT2D eigenvalue weighted by Crippen LogP contribution is 2.37. The molecule has 3 rings (SSSR count). The number of esters is 1. The Kier molecular flexibility index (Phi) is 6.34. The maximum Gasteiger partial charge on any atom is 0.329 e. The van der Waals surface area contributed by atoms with Crippen LogP contribution in [0, 0.1) is 17.0 Å². The molecule has 158 valence electrons. The van der Waals surface area contributed by atoms with Gasteiger partial charge in [-0.15, -0.1) is 0 Å². The van der Waals surface area contributed by atoms with E-state index in [2.05, 4.69) is 0 Å². The predicted octanol–water partition coefficient (Wildman–Crippen LogP) is 3.83. The Morgan fingerprint density at radius 1 is 1.27 bits per heavy atom. The molecule has 1 aliphatic rings. The molecule has 2 aromatic carbocycles. The quantitative estimate of drug-likeness (QED) is 0.297. The van der Waals surface area contributed by atoms with Crippen LogP contribution in [0.25, 0.3) is 0 Å². The van der Waals surface area contributed by atoms with E-state index in [-0.39, 0.29) is 11.3 Å². The molecule has 1 amide bonds. The highest BCUT2D eigenvalue weighted by molar-refractivity contribution is 6.13. The molecule has 1 heterocycles. The maximum absolute atomic E-state index is 13.5. The van der Waals surface area contributed by atoms with Crippen LogP contribution in [0.5, 0.6) is 5.75 Å². The number of fused-ring (bicyclic) bond motifs is 1. The van der Waals surface area contributed by atoms with E-state index in [0.29, 0.717) is 30.0 Å². The number of aryl methyl sites for hydroxylation is 1. The number of unbranched alkanes of at least 4 members (excludes halogenated alkanes) is 1. The molecule has 8 heteroatoms. The van der Waals surface area contributed by atoms with Gasteiger partial charge in [-0.3, -0.25) is 19.8 Å². The third-order valence-electron chi connectivity index (χ3n) is 5.14.